The van der Waals surface area contributed by atoms with E-state index in [0.29, 0.717) is 0 Å². The average molecular weight is 445 g/mol. The Morgan fingerprint density at radius 2 is 1.39 bits per heavy atom. The Bertz CT molecular complexity index is 1190. The van der Waals surface area contributed by atoms with Gasteiger partial charge in [-0.25, -0.2) is 14.6 Å². The van der Waals surface area contributed by atoms with E-state index in [2.05, 4.69) is 0 Å². The van der Waals surface area contributed by atoms with Crippen LogP contribution in [0.15, 0.2) is 77.1 Å². The number of carbonyl (C=O) groups excluding carboxylic acids is 2. The number of rotatable bonds is 2. The number of ether oxygens (including phenoxy) is 2. The van der Waals surface area contributed by atoms with Crippen LogP contribution >= 0.6 is 0 Å². The van der Waals surface area contributed by atoms with Crippen LogP contribution in [-0.2, 0) is 24.5 Å². The summed E-state index contributed by atoms with van der Waals surface area (Å²) in [6.45, 7) is 7.85. The monoisotopic (exact) mass is 444 g/mol. The van der Waals surface area contributed by atoms with E-state index < -0.39 is 22.9 Å². The quantitative estimate of drug-likeness (QED) is 0.634. The van der Waals surface area contributed by atoms with Crippen LogP contribution in [0.25, 0.3) is 11.1 Å². The Kier molecular flexibility index (Phi) is 5.48. The Labute approximate surface area is 194 Å². The largest absolute Gasteiger partial charge is 0.466 e. The third-order valence-corrected chi connectivity index (χ3v) is 6.65. The minimum absolute atomic E-state index is 0.104. The van der Waals surface area contributed by atoms with Crippen molar-refractivity contribution in [1.82, 2.24) is 5.01 Å². The standard InChI is InChI=1S/C25H22N2O4.C2H6/c1-15-13-14-24(2)25(20(22(28)30-3)21(23(29)31-4)27(24)26-15)18-11-7-5-9-16(18)17-10-6-8-12-19(17)25;1-2/h5-14H,1-4H3;1-2H3. The van der Waals surface area contributed by atoms with E-state index in [4.69, 9.17) is 14.6 Å². The maximum Gasteiger partial charge on any atom is 0.356 e. The van der Waals surface area contributed by atoms with Crippen molar-refractivity contribution in [1.29, 1.82) is 0 Å². The molecule has 33 heavy (non-hydrogen) atoms. The van der Waals surface area contributed by atoms with Crippen molar-refractivity contribution < 1.29 is 19.1 Å². The van der Waals surface area contributed by atoms with Gasteiger partial charge in [-0.05, 0) is 42.2 Å². The van der Waals surface area contributed by atoms with E-state index in [9.17, 15) is 9.59 Å². The fourth-order valence-electron chi connectivity index (χ4n) is 5.44. The second-order valence-corrected chi connectivity index (χ2v) is 8.08. The van der Waals surface area contributed by atoms with Crippen LogP contribution in [0.4, 0.5) is 0 Å². The highest BCUT2D eigenvalue weighted by molar-refractivity contribution is 6.08. The molecule has 170 valence electrons. The van der Waals surface area contributed by atoms with Crippen molar-refractivity contribution in [2.45, 2.75) is 38.6 Å². The van der Waals surface area contributed by atoms with Gasteiger partial charge in [0.15, 0.2) is 5.70 Å². The normalized spacial score (nSPS) is 20.9. The van der Waals surface area contributed by atoms with E-state index in [1.54, 1.807) is 5.01 Å². The molecule has 2 heterocycles. The van der Waals surface area contributed by atoms with Crippen LogP contribution in [-0.4, -0.2) is 42.4 Å². The smallest absolute Gasteiger partial charge is 0.356 e. The molecule has 0 amide bonds. The molecule has 5 rings (SSSR count). The van der Waals surface area contributed by atoms with Crippen LogP contribution < -0.4 is 0 Å². The van der Waals surface area contributed by atoms with Gasteiger partial charge in [-0.2, -0.15) is 5.10 Å². The third-order valence-electron chi connectivity index (χ3n) is 6.65. The summed E-state index contributed by atoms with van der Waals surface area (Å²) in [6, 6.07) is 16.0. The summed E-state index contributed by atoms with van der Waals surface area (Å²) >= 11 is 0. The molecule has 0 saturated carbocycles. The Hall–Kier alpha value is -3.67. The van der Waals surface area contributed by atoms with Gasteiger partial charge in [-0.1, -0.05) is 68.5 Å². The summed E-state index contributed by atoms with van der Waals surface area (Å²) in [5, 5.41) is 6.33. The van der Waals surface area contributed by atoms with E-state index in [1.807, 2.05) is 88.4 Å². The summed E-state index contributed by atoms with van der Waals surface area (Å²) in [7, 11) is 2.63. The molecule has 2 aliphatic heterocycles. The number of carbonyl (C=O) groups is 2. The SMILES string of the molecule is CC.COC(=O)C1=C(C(=O)OC)C2(c3ccccc3-c3ccccc32)C2(C)C=CC(C)=NN12. The summed E-state index contributed by atoms with van der Waals surface area (Å²) in [5.74, 6) is -1.21. The number of fused-ring (bicyclic) bond motifs is 7. The van der Waals surface area contributed by atoms with E-state index in [1.165, 1.54) is 14.2 Å². The number of hydrazone groups is 1. The lowest BCUT2D eigenvalue weighted by atomic mass is 9.61. The lowest BCUT2D eigenvalue weighted by Gasteiger charge is -2.46. The van der Waals surface area contributed by atoms with Crippen LogP contribution in [0, 0.1) is 0 Å². The summed E-state index contributed by atoms with van der Waals surface area (Å²) < 4.78 is 10.4. The number of esters is 2. The van der Waals surface area contributed by atoms with E-state index >= 15 is 0 Å². The molecule has 0 aromatic heterocycles. The van der Waals surface area contributed by atoms with Crippen molar-refractivity contribution in [3.8, 4) is 11.1 Å². The summed E-state index contributed by atoms with van der Waals surface area (Å²) in [6.07, 6.45) is 3.95. The lowest BCUT2D eigenvalue weighted by molar-refractivity contribution is -0.140. The van der Waals surface area contributed by atoms with Gasteiger partial charge in [-0.3, -0.25) is 0 Å². The molecule has 0 bridgehead atoms. The molecule has 0 radical (unpaired) electrons. The maximum absolute atomic E-state index is 13.4. The van der Waals surface area contributed by atoms with Gasteiger partial charge in [0.25, 0.3) is 0 Å². The zero-order valence-corrected chi connectivity index (χ0v) is 19.8. The van der Waals surface area contributed by atoms with Crippen LogP contribution in [0.2, 0.25) is 0 Å². The zero-order chi connectivity index (χ0) is 24.0. The summed E-state index contributed by atoms with van der Waals surface area (Å²) in [5.41, 5.74) is 3.10. The second kappa shape index (κ2) is 8.03. The van der Waals surface area contributed by atoms with Gasteiger partial charge in [0.05, 0.1) is 36.5 Å². The molecule has 6 heteroatoms. The molecule has 2 aromatic carbocycles. The first-order valence-electron chi connectivity index (χ1n) is 11.1. The van der Waals surface area contributed by atoms with Crippen molar-refractivity contribution in [3.63, 3.8) is 0 Å². The molecule has 1 atom stereocenters. The number of hydrogen-bond donors (Lipinski definition) is 0. The molecular formula is C27H28N2O4. The first kappa shape index (κ1) is 22.5. The number of allylic oxidation sites excluding steroid dienone is 1. The molecular weight excluding hydrogens is 416 g/mol. The highest BCUT2D eigenvalue weighted by Gasteiger charge is 2.68. The molecule has 3 aliphatic rings. The molecule has 1 spiro atoms. The fourth-order valence-corrected chi connectivity index (χ4v) is 5.44. The molecule has 6 nitrogen and oxygen atoms in total. The van der Waals surface area contributed by atoms with Gasteiger partial charge < -0.3 is 9.47 Å². The number of hydrogen-bond acceptors (Lipinski definition) is 6. The van der Waals surface area contributed by atoms with Crippen LogP contribution in [0.5, 0.6) is 0 Å². The lowest BCUT2D eigenvalue weighted by Crippen LogP contribution is -2.55. The summed E-state index contributed by atoms with van der Waals surface area (Å²) in [4.78, 5) is 26.5. The minimum atomic E-state index is -1.00. The van der Waals surface area contributed by atoms with Crippen LogP contribution in [0.1, 0.15) is 38.8 Å². The zero-order valence-electron chi connectivity index (χ0n) is 19.8. The van der Waals surface area contributed by atoms with Crippen molar-refractivity contribution in [2.75, 3.05) is 14.2 Å². The minimum Gasteiger partial charge on any atom is -0.466 e. The van der Waals surface area contributed by atoms with Crippen molar-refractivity contribution in [2.24, 2.45) is 5.10 Å². The molecule has 0 fully saturated rings. The van der Waals surface area contributed by atoms with Crippen molar-refractivity contribution in [3.05, 3.63) is 83.1 Å². The van der Waals surface area contributed by atoms with E-state index in [0.717, 1.165) is 28.0 Å². The predicted octanol–water partition coefficient (Wildman–Crippen LogP) is 4.60. The average Bonchev–Trinajstić information content (AvgIpc) is 3.28. The van der Waals surface area contributed by atoms with Gasteiger partial charge in [-0.15, -0.1) is 0 Å². The van der Waals surface area contributed by atoms with Gasteiger partial charge in [0.1, 0.15) is 0 Å². The van der Waals surface area contributed by atoms with Gasteiger partial charge >= 0.3 is 11.9 Å². The number of benzene rings is 2. The number of nitrogens with zero attached hydrogens (tertiary/aromatic N) is 2. The number of methoxy groups -OCH3 is 2. The maximum atomic E-state index is 13.4. The van der Waals surface area contributed by atoms with Crippen LogP contribution in [0.3, 0.4) is 0 Å². The Morgan fingerprint density at radius 1 is 0.879 bits per heavy atom. The van der Waals surface area contributed by atoms with Crippen molar-refractivity contribution >= 4 is 17.7 Å². The second-order valence-electron chi connectivity index (χ2n) is 8.08. The molecule has 0 saturated heterocycles. The highest BCUT2D eigenvalue weighted by Crippen LogP contribution is 2.64. The Balaban J connectivity index is 0.00000126. The first-order valence-corrected chi connectivity index (χ1v) is 11.1. The van der Waals surface area contributed by atoms with E-state index in [-0.39, 0.29) is 11.3 Å². The fraction of sp³-hybridized carbons (Fsp3) is 0.296. The molecule has 0 N–H and O–H groups in total. The molecule has 2 aromatic rings. The topological polar surface area (TPSA) is 68.2 Å². The van der Waals surface area contributed by atoms with Gasteiger partial charge in [0, 0.05) is 0 Å². The third kappa shape index (κ3) is 2.70. The predicted molar refractivity (Wildman–Crippen MR) is 128 cm³/mol. The first-order chi connectivity index (χ1) is 15.9. The molecule has 1 aliphatic carbocycles. The highest BCUT2D eigenvalue weighted by atomic mass is 16.5. The molecule has 1 unspecified atom stereocenters. The Morgan fingerprint density at radius 3 is 1.91 bits per heavy atom. The van der Waals surface area contributed by atoms with Gasteiger partial charge in [0.2, 0.25) is 0 Å².